The lowest BCUT2D eigenvalue weighted by Crippen LogP contribution is -2.09. The van der Waals surface area contributed by atoms with Gasteiger partial charge < -0.3 is 15.2 Å². The van der Waals surface area contributed by atoms with Gasteiger partial charge in [-0.15, -0.1) is 0 Å². The highest BCUT2D eigenvalue weighted by Gasteiger charge is 2.10. The summed E-state index contributed by atoms with van der Waals surface area (Å²) in [5.74, 6) is 1.63. The van der Waals surface area contributed by atoms with Gasteiger partial charge in [-0.3, -0.25) is 0 Å². The minimum atomic E-state index is 0.0641. The molecular weight excluding hydrogens is 226 g/mol. The Kier molecular flexibility index (Phi) is 6.58. The largest absolute Gasteiger partial charge is 0.490 e. The van der Waals surface area contributed by atoms with Crippen molar-refractivity contribution in [3.05, 3.63) is 23.8 Å². The molecule has 1 aromatic carbocycles. The molecule has 1 rings (SSSR count). The topological polar surface area (TPSA) is 44.5 Å². The third-order valence-electron chi connectivity index (χ3n) is 2.76. The van der Waals surface area contributed by atoms with E-state index in [1.165, 1.54) is 0 Å². The number of hydrogen-bond acceptors (Lipinski definition) is 3. The Hall–Kier alpha value is -1.22. The number of hydrogen-bond donors (Lipinski definition) is 1. The molecule has 2 N–H and O–H groups in total. The summed E-state index contributed by atoms with van der Waals surface area (Å²) < 4.78 is 11.4. The quantitative estimate of drug-likeness (QED) is 0.766. The van der Waals surface area contributed by atoms with E-state index in [1.54, 1.807) is 0 Å². The first-order valence-corrected chi connectivity index (χ1v) is 6.88. The maximum Gasteiger partial charge on any atom is 0.161 e. The van der Waals surface area contributed by atoms with Crippen LogP contribution in [-0.4, -0.2) is 13.2 Å². The average molecular weight is 251 g/mol. The van der Waals surface area contributed by atoms with Crippen LogP contribution in [0.3, 0.4) is 0 Å². The Bertz CT molecular complexity index is 352. The second-order valence-electron chi connectivity index (χ2n) is 4.42. The van der Waals surface area contributed by atoms with Gasteiger partial charge in [-0.1, -0.05) is 26.8 Å². The zero-order valence-corrected chi connectivity index (χ0v) is 11.7. The molecule has 18 heavy (non-hydrogen) atoms. The molecule has 102 valence electrons. The first-order valence-electron chi connectivity index (χ1n) is 6.88. The average Bonchev–Trinajstić information content (AvgIpc) is 2.42. The molecule has 0 bridgehead atoms. The van der Waals surface area contributed by atoms with E-state index in [2.05, 4.69) is 20.8 Å². The number of benzene rings is 1. The Morgan fingerprint density at radius 2 is 1.61 bits per heavy atom. The van der Waals surface area contributed by atoms with E-state index in [4.69, 9.17) is 15.2 Å². The maximum absolute atomic E-state index is 6.05. The molecule has 0 amide bonds. The molecule has 0 aliphatic carbocycles. The smallest absolute Gasteiger partial charge is 0.161 e. The Morgan fingerprint density at radius 1 is 1.00 bits per heavy atom. The molecule has 0 aliphatic heterocycles. The highest BCUT2D eigenvalue weighted by atomic mass is 16.5. The molecule has 3 nitrogen and oxygen atoms in total. The summed E-state index contributed by atoms with van der Waals surface area (Å²) in [7, 11) is 0. The van der Waals surface area contributed by atoms with Gasteiger partial charge in [0.05, 0.1) is 13.2 Å². The van der Waals surface area contributed by atoms with Crippen molar-refractivity contribution in [2.75, 3.05) is 13.2 Å². The van der Waals surface area contributed by atoms with E-state index in [0.29, 0.717) is 13.2 Å². The van der Waals surface area contributed by atoms with Gasteiger partial charge >= 0.3 is 0 Å². The van der Waals surface area contributed by atoms with Gasteiger partial charge in [0, 0.05) is 6.04 Å². The van der Waals surface area contributed by atoms with Crippen molar-refractivity contribution in [3.63, 3.8) is 0 Å². The molecule has 0 aromatic heterocycles. The third kappa shape index (κ3) is 4.22. The summed E-state index contributed by atoms with van der Waals surface area (Å²) >= 11 is 0. The van der Waals surface area contributed by atoms with Gasteiger partial charge in [-0.2, -0.15) is 0 Å². The summed E-state index contributed by atoms with van der Waals surface area (Å²) in [5.41, 5.74) is 7.15. The molecule has 0 heterocycles. The fourth-order valence-corrected chi connectivity index (χ4v) is 1.65. The standard InChI is InChI=1S/C15H25NO2/c1-4-9-17-14-8-7-12(13(16)6-3)11-15(14)18-10-5-2/h7-8,11,13H,4-6,9-10,16H2,1-3H3/t13-/m0/s1. The molecule has 0 saturated heterocycles. The molecule has 0 spiro atoms. The van der Waals surface area contributed by atoms with Crippen LogP contribution in [0.2, 0.25) is 0 Å². The van der Waals surface area contributed by atoms with E-state index in [-0.39, 0.29) is 6.04 Å². The summed E-state index contributed by atoms with van der Waals surface area (Å²) in [6.45, 7) is 7.68. The zero-order chi connectivity index (χ0) is 13.4. The minimum absolute atomic E-state index is 0.0641. The summed E-state index contributed by atoms with van der Waals surface area (Å²) in [6.07, 6.45) is 2.89. The molecule has 0 radical (unpaired) electrons. The van der Waals surface area contributed by atoms with Crippen molar-refractivity contribution in [2.45, 2.75) is 46.1 Å². The van der Waals surface area contributed by atoms with Gasteiger partial charge in [-0.05, 0) is 37.0 Å². The van der Waals surface area contributed by atoms with E-state index in [9.17, 15) is 0 Å². The first-order chi connectivity index (χ1) is 8.72. The Balaban J connectivity index is 2.88. The zero-order valence-electron chi connectivity index (χ0n) is 11.7. The first kappa shape index (κ1) is 14.8. The molecule has 1 aromatic rings. The SMILES string of the molecule is CCCOc1ccc([C@@H](N)CC)cc1OCCC. The Morgan fingerprint density at radius 3 is 2.17 bits per heavy atom. The fraction of sp³-hybridized carbons (Fsp3) is 0.600. The van der Waals surface area contributed by atoms with Crippen molar-refractivity contribution in [2.24, 2.45) is 5.73 Å². The lowest BCUT2D eigenvalue weighted by atomic mass is 10.1. The van der Waals surface area contributed by atoms with Crippen LogP contribution in [0.5, 0.6) is 11.5 Å². The second-order valence-corrected chi connectivity index (χ2v) is 4.42. The van der Waals surface area contributed by atoms with Crippen LogP contribution in [0.4, 0.5) is 0 Å². The maximum atomic E-state index is 6.05. The number of rotatable bonds is 8. The van der Waals surface area contributed by atoms with E-state index in [0.717, 1.165) is 36.3 Å². The normalized spacial score (nSPS) is 12.2. The predicted octanol–water partition coefficient (Wildman–Crippen LogP) is 3.67. The van der Waals surface area contributed by atoms with Gasteiger partial charge in [0.25, 0.3) is 0 Å². The lowest BCUT2D eigenvalue weighted by Gasteiger charge is -2.16. The number of ether oxygens (including phenoxy) is 2. The fourth-order valence-electron chi connectivity index (χ4n) is 1.65. The molecule has 1 atom stereocenters. The molecule has 0 unspecified atom stereocenters. The van der Waals surface area contributed by atoms with E-state index >= 15 is 0 Å². The molecule has 0 fully saturated rings. The predicted molar refractivity (Wildman–Crippen MR) is 75.2 cm³/mol. The van der Waals surface area contributed by atoms with Crippen LogP contribution in [0, 0.1) is 0 Å². The van der Waals surface area contributed by atoms with Gasteiger partial charge in [0.1, 0.15) is 0 Å². The van der Waals surface area contributed by atoms with Crippen LogP contribution in [0.25, 0.3) is 0 Å². The second kappa shape index (κ2) is 7.98. The highest BCUT2D eigenvalue weighted by molar-refractivity contribution is 5.43. The van der Waals surface area contributed by atoms with E-state index in [1.807, 2.05) is 18.2 Å². The third-order valence-corrected chi connectivity index (χ3v) is 2.76. The lowest BCUT2D eigenvalue weighted by molar-refractivity contribution is 0.268. The monoisotopic (exact) mass is 251 g/mol. The summed E-state index contributed by atoms with van der Waals surface area (Å²) in [5, 5.41) is 0. The Labute approximate surface area is 110 Å². The van der Waals surface area contributed by atoms with Crippen LogP contribution >= 0.6 is 0 Å². The van der Waals surface area contributed by atoms with Crippen LogP contribution < -0.4 is 15.2 Å². The molecule has 0 saturated carbocycles. The van der Waals surface area contributed by atoms with Crippen molar-refractivity contribution >= 4 is 0 Å². The van der Waals surface area contributed by atoms with Gasteiger partial charge in [0.15, 0.2) is 11.5 Å². The minimum Gasteiger partial charge on any atom is -0.490 e. The van der Waals surface area contributed by atoms with Crippen molar-refractivity contribution < 1.29 is 9.47 Å². The summed E-state index contributed by atoms with van der Waals surface area (Å²) in [4.78, 5) is 0. The van der Waals surface area contributed by atoms with Crippen LogP contribution in [0.1, 0.15) is 51.6 Å². The van der Waals surface area contributed by atoms with Crippen LogP contribution in [-0.2, 0) is 0 Å². The van der Waals surface area contributed by atoms with Crippen molar-refractivity contribution in [1.82, 2.24) is 0 Å². The van der Waals surface area contributed by atoms with Crippen LogP contribution in [0.15, 0.2) is 18.2 Å². The van der Waals surface area contributed by atoms with E-state index < -0.39 is 0 Å². The van der Waals surface area contributed by atoms with Gasteiger partial charge in [0.2, 0.25) is 0 Å². The molecule has 3 heteroatoms. The van der Waals surface area contributed by atoms with Crippen molar-refractivity contribution in [1.29, 1.82) is 0 Å². The number of nitrogens with two attached hydrogens (primary N) is 1. The molecular formula is C15H25NO2. The summed E-state index contributed by atoms with van der Waals surface area (Å²) in [6, 6.07) is 6.06. The van der Waals surface area contributed by atoms with Gasteiger partial charge in [-0.25, -0.2) is 0 Å². The molecule has 0 aliphatic rings. The van der Waals surface area contributed by atoms with Crippen molar-refractivity contribution in [3.8, 4) is 11.5 Å². The highest BCUT2D eigenvalue weighted by Crippen LogP contribution is 2.31.